The monoisotopic (exact) mass is 400 g/mol. The van der Waals surface area contributed by atoms with Crippen LogP contribution >= 0.6 is 11.6 Å². The third kappa shape index (κ3) is 3.28. The Morgan fingerprint density at radius 1 is 1.30 bits per heavy atom. The van der Waals surface area contributed by atoms with Gasteiger partial charge in [0, 0.05) is 18.3 Å². The Bertz CT molecular complexity index is 898. The second-order valence-corrected chi connectivity index (χ2v) is 6.79. The highest BCUT2D eigenvalue weighted by molar-refractivity contribution is 6.31. The van der Waals surface area contributed by atoms with Crippen molar-refractivity contribution in [2.45, 2.75) is 30.7 Å². The molecule has 1 aromatic heterocycles. The Kier molecular flexibility index (Phi) is 5.16. The summed E-state index contributed by atoms with van der Waals surface area (Å²) in [5.74, 6) is -3.41. The van der Waals surface area contributed by atoms with Gasteiger partial charge in [-0.2, -0.15) is 0 Å². The number of carbonyl (C=O) groups is 1. The van der Waals surface area contributed by atoms with E-state index >= 15 is 4.39 Å². The van der Waals surface area contributed by atoms with Crippen molar-refractivity contribution in [3.63, 3.8) is 0 Å². The molecule has 1 heterocycles. The highest BCUT2D eigenvalue weighted by atomic mass is 35.5. The van der Waals surface area contributed by atoms with Crippen LogP contribution in [0.25, 0.3) is 0 Å². The first-order chi connectivity index (χ1) is 12.7. The highest BCUT2D eigenvalue weighted by Crippen LogP contribution is 2.45. The summed E-state index contributed by atoms with van der Waals surface area (Å²) < 4.78 is 42.2. The molecule has 1 aromatic carbocycles. The number of hydrogen-bond acceptors (Lipinski definition) is 4. The number of carbonyl (C=O) groups excluding carboxylic acids is 1. The van der Waals surface area contributed by atoms with E-state index < -0.39 is 40.4 Å². The molecule has 2 unspecified atom stereocenters. The van der Waals surface area contributed by atoms with Crippen molar-refractivity contribution in [3.8, 4) is 0 Å². The van der Waals surface area contributed by atoms with Gasteiger partial charge in [-0.25, -0.2) is 13.2 Å². The number of nitrogens with one attached hydrogen (secondary N) is 1. The molecule has 2 atom stereocenters. The third-order valence-electron chi connectivity index (χ3n) is 4.73. The summed E-state index contributed by atoms with van der Waals surface area (Å²) in [6.45, 7) is -0.987. The fourth-order valence-electron chi connectivity index (χ4n) is 3.14. The quantitative estimate of drug-likeness (QED) is 0.689. The summed E-state index contributed by atoms with van der Waals surface area (Å²) in [6.07, 6.45) is 0.716. The number of fused-ring (bicyclic) bond motifs is 1. The van der Waals surface area contributed by atoms with Gasteiger partial charge in [-0.3, -0.25) is 9.78 Å². The Balaban J connectivity index is 1.87. The number of aliphatic hydroxyl groups excluding tert-OH is 1. The maximum absolute atomic E-state index is 15.6. The molecule has 0 fully saturated rings. The van der Waals surface area contributed by atoms with E-state index in [0.29, 0.717) is 0 Å². The lowest BCUT2D eigenvalue weighted by Crippen LogP contribution is -2.49. The van der Waals surface area contributed by atoms with Gasteiger partial charge in [-0.05, 0) is 30.5 Å². The predicted molar refractivity (Wildman–Crippen MR) is 90.5 cm³/mol. The SMILES string of the molecule is O=C(NCc1ccc(F)c(F)c1Cl)C1(F)CCC(O)(CO)c2ncccc21. The van der Waals surface area contributed by atoms with E-state index in [1.54, 1.807) is 0 Å². The highest BCUT2D eigenvalue weighted by Gasteiger charge is 2.51. The fraction of sp³-hybridized carbons (Fsp3) is 0.333. The van der Waals surface area contributed by atoms with Crippen molar-refractivity contribution in [2.24, 2.45) is 0 Å². The molecular formula is C18H16ClF3N2O3. The summed E-state index contributed by atoms with van der Waals surface area (Å²) in [5.41, 5.74) is -4.42. The lowest BCUT2D eigenvalue weighted by molar-refractivity contribution is -0.138. The van der Waals surface area contributed by atoms with Crippen molar-refractivity contribution >= 4 is 17.5 Å². The average molecular weight is 401 g/mol. The molecule has 3 rings (SSSR count). The number of alkyl halides is 1. The number of aromatic nitrogens is 1. The zero-order chi connectivity index (χ0) is 19.8. The summed E-state index contributed by atoms with van der Waals surface area (Å²) >= 11 is 5.71. The normalized spacial score (nSPS) is 24.4. The number of hydrogen-bond donors (Lipinski definition) is 3. The van der Waals surface area contributed by atoms with E-state index in [0.717, 1.165) is 6.07 Å². The second-order valence-electron chi connectivity index (χ2n) is 6.41. The maximum atomic E-state index is 15.6. The number of rotatable bonds is 4. The molecule has 9 heteroatoms. The van der Waals surface area contributed by atoms with Crippen LogP contribution in [0.1, 0.15) is 29.7 Å². The van der Waals surface area contributed by atoms with Gasteiger partial charge >= 0.3 is 0 Å². The van der Waals surface area contributed by atoms with Crippen LogP contribution in [0.5, 0.6) is 0 Å². The molecule has 0 saturated heterocycles. The van der Waals surface area contributed by atoms with E-state index in [4.69, 9.17) is 11.6 Å². The van der Waals surface area contributed by atoms with Gasteiger partial charge in [0.05, 0.1) is 17.3 Å². The smallest absolute Gasteiger partial charge is 0.262 e. The maximum Gasteiger partial charge on any atom is 0.262 e. The largest absolute Gasteiger partial charge is 0.393 e. The van der Waals surface area contributed by atoms with Gasteiger partial charge in [0.2, 0.25) is 5.67 Å². The number of benzene rings is 1. The summed E-state index contributed by atoms with van der Waals surface area (Å²) in [4.78, 5) is 16.5. The number of halogens is 4. The minimum Gasteiger partial charge on any atom is -0.393 e. The van der Waals surface area contributed by atoms with E-state index in [2.05, 4.69) is 10.3 Å². The van der Waals surface area contributed by atoms with Crippen LogP contribution < -0.4 is 5.32 Å². The first kappa shape index (κ1) is 19.6. The van der Waals surface area contributed by atoms with Crippen LogP contribution in [0.15, 0.2) is 30.5 Å². The molecule has 0 aliphatic heterocycles. The third-order valence-corrected chi connectivity index (χ3v) is 5.14. The van der Waals surface area contributed by atoms with Gasteiger partial charge in [-0.1, -0.05) is 23.7 Å². The average Bonchev–Trinajstić information content (AvgIpc) is 2.68. The summed E-state index contributed by atoms with van der Waals surface area (Å²) in [6, 6.07) is 4.77. The van der Waals surface area contributed by atoms with Gasteiger partial charge < -0.3 is 15.5 Å². The minimum atomic E-state index is -2.50. The van der Waals surface area contributed by atoms with Crippen molar-refractivity contribution in [2.75, 3.05) is 6.61 Å². The van der Waals surface area contributed by atoms with E-state index in [1.165, 1.54) is 24.4 Å². The van der Waals surface area contributed by atoms with Crippen LogP contribution in [0.3, 0.4) is 0 Å². The topological polar surface area (TPSA) is 82.5 Å². The van der Waals surface area contributed by atoms with Crippen LogP contribution in [0, 0.1) is 11.6 Å². The lowest BCUT2D eigenvalue weighted by atomic mass is 9.74. The van der Waals surface area contributed by atoms with Crippen LogP contribution in [-0.2, 0) is 22.6 Å². The Morgan fingerprint density at radius 2 is 2.04 bits per heavy atom. The Morgan fingerprint density at radius 3 is 2.74 bits per heavy atom. The lowest BCUT2D eigenvalue weighted by Gasteiger charge is -2.38. The number of pyridine rings is 1. The molecule has 27 heavy (non-hydrogen) atoms. The Labute approximate surface area is 157 Å². The standard InChI is InChI=1S/C18H16ClF3N2O3/c19-13-10(3-4-12(20)14(13)21)8-24-16(26)18(22)6-5-17(27,9-25)15-11(18)2-1-7-23-15/h1-4,7,25,27H,5-6,8-9H2,(H,24,26). The van der Waals surface area contributed by atoms with Gasteiger partial charge in [0.15, 0.2) is 11.6 Å². The van der Waals surface area contributed by atoms with Gasteiger partial charge in [0.25, 0.3) is 5.91 Å². The number of amides is 1. The van der Waals surface area contributed by atoms with E-state index in [1.807, 2.05) is 0 Å². The zero-order valence-corrected chi connectivity index (χ0v) is 14.7. The molecule has 1 amide bonds. The fourth-order valence-corrected chi connectivity index (χ4v) is 3.36. The first-order valence-electron chi connectivity index (χ1n) is 8.12. The first-order valence-corrected chi connectivity index (χ1v) is 8.49. The predicted octanol–water partition coefficient (Wildman–Crippen LogP) is 2.47. The molecule has 1 aliphatic carbocycles. The molecular weight excluding hydrogens is 385 g/mol. The molecule has 1 aliphatic rings. The number of aliphatic hydroxyl groups is 2. The molecule has 5 nitrogen and oxygen atoms in total. The second kappa shape index (κ2) is 7.10. The summed E-state index contributed by atoms with van der Waals surface area (Å²) in [7, 11) is 0. The van der Waals surface area contributed by atoms with Gasteiger partial charge in [-0.15, -0.1) is 0 Å². The van der Waals surface area contributed by atoms with Crippen molar-refractivity contribution < 1.29 is 28.2 Å². The number of nitrogens with zero attached hydrogens (tertiary/aromatic N) is 1. The molecule has 144 valence electrons. The summed E-state index contributed by atoms with van der Waals surface area (Å²) in [5, 5.41) is 21.7. The molecule has 2 aromatic rings. The molecule has 0 bridgehead atoms. The van der Waals surface area contributed by atoms with Crippen molar-refractivity contribution in [1.82, 2.24) is 10.3 Å². The van der Waals surface area contributed by atoms with Crippen LogP contribution in [-0.4, -0.2) is 27.7 Å². The van der Waals surface area contributed by atoms with Crippen molar-refractivity contribution in [1.29, 1.82) is 0 Å². The molecule has 3 N–H and O–H groups in total. The minimum absolute atomic E-state index is 0.0848. The molecule has 0 saturated carbocycles. The van der Waals surface area contributed by atoms with Gasteiger partial charge in [0.1, 0.15) is 5.60 Å². The van der Waals surface area contributed by atoms with E-state index in [9.17, 15) is 23.8 Å². The Hall–Kier alpha value is -2.16. The van der Waals surface area contributed by atoms with Crippen molar-refractivity contribution in [3.05, 3.63) is 63.9 Å². The molecule has 0 spiro atoms. The molecule has 0 radical (unpaired) electrons. The van der Waals surface area contributed by atoms with Crippen LogP contribution in [0.4, 0.5) is 13.2 Å². The van der Waals surface area contributed by atoms with E-state index in [-0.39, 0.29) is 36.2 Å². The zero-order valence-electron chi connectivity index (χ0n) is 14.0. The van der Waals surface area contributed by atoms with Crippen LogP contribution in [0.2, 0.25) is 5.02 Å².